The van der Waals surface area contributed by atoms with Crippen molar-refractivity contribution in [3.63, 3.8) is 0 Å². The lowest BCUT2D eigenvalue weighted by Gasteiger charge is -2.42. The van der Waals surface area contributed by atoms with E-state index in [0.29, 0.717) is 5.04 Å². The van der Waals surface area contributed by atoms with Crippen molar-refractivity contribution < 1.29 is 0 Å². The van der Waals surface area contributed by atoms with Gasteiger partial charge < -0.3 is 0 Å². The van der Waals surface area contributed by atoms with Crippen LogP contribution in [0.15, 0.2) is 0 Å². The average Bonchev–Trinajstić information content (AvgIpc) is 1.99. The summed E-state index contributed by atoms with van der Waals surface area (Å²) in [5, 5.41) is 0.392. The molecule has 0 aliphatic carbocycles. The third kappa shape index (κ3) is 2.26. The average molecular weight is 207 g/mol. The molecule has 2 heteroatoms. The van der Waals surface area contributed by atoms with Gasteiger partial charge in [0.25, 0.3) is 0 Å². The number of rotatable bonds is 4. The number of hydrogen-bond donors (Lipinski definition) is 0. The molecule has 0 amide bonds. The molecule has 0 N–H and O–H groups in total. The molecular formula is C10H23ClSi. The molecule has 0 aromatic rings. The van der Waals surface area contributed by atoms with Crippen LogP contribution in [0.3, 0.4) is 0 Å². The van der Waals surface area contributed by atoms with Gasteiger partial charge >= 0.3 is 0 Å². The van der Waals surface area contributed by atoms with Crippen LogP contribution in [0.4, 0.5) is 0 Å². The highest BCUT2D eigenvalue weighted by molar-refractivity contribution is 7.20. The van der Waals surface area contributed by atoms with E-state index >= 15 is 0 Å². The van der Waals surface area contributed by atoms with E-state index in [1.165, 1.54) is 12.8 Å². The number of halogens is 1. The van der Waals surface area contributed by atoms with Crippen molar-refractivity contribution in [2.75, 3.05) is 0 Å². The van der Waals surface area contributed by atoms with Crippen LogP contribution in [-0.2, 0) is 0 Å². The molecule has 2 atom stereocenters. The molecule has 0 rings (SSSR count). The van der Waals surface area contributed by atoms with Crippen LogP contribution in [0, 0.1) is 5.92 Å². The second-order valence-electron chi connectivity index (χ2n) is 4.55. The second-order valence-corrected chi connectivity index (χ2v) is 11.5. The van der Waals surface area contributed by atoms with E-state index in [1.807, 2.05) is 0 Å². The highest BCUT2D eigenvalue weighted by Crippen LogP contribution is 2.50. The molecule has 74 valence electrons. The Hall–Kier alpha value is 0.507. The van der Waals surface area contributed by atoms with E-state index in [2.05, 4.69) is 40.8 Å². The largest absolute Gasteiger partial charge is 0.167 e. The maximum absolute atomic E-state index is 6.55. The molecule has 0 aromatic heterocycles. The molecule has 0 saturated heterocycles. The summed E-state index contributed by atoms with van der Waals surface area (Å²) < 4.78 is 0. The quantitative estimate of drug-likeness (QED) is 0.464. The van der Waals surface area contributed by atoms with Crippen molar-refractivity contribution in [2.45, 2.75) is 58.7 Å². The summed E-state index contributed by atoms with van der Waals surface area (Å²) in [4.78, 5) is 0. The zero-order valence-electron chi connectivity index (χ0n) is 9.37. The minimum Gasteiger partial charge on any atom is -0.167 e. The van der Waals surface area contributed by atoms with Gasteiger partial charge in [0, 0.05) is 0 Å². The van der Waals surface area contributed by atoms with Crippen LogP contribution in [0.5, 0.6) is 0 Å². The van der Waals surface area contributed by atoms with Gasteiger partial charge in [0.05, 0.1) is 0 Å². The summed E-state index contributed by atoms with van der Waals surface area (Å²) in [5.74, 6) is 0.752. The Bertz CT molecular complexity index is 139. The van der Waals surface area contributed by atoms with Crippen molar-refractivity contribution in [3.8, 4) is 0 Å². The third-order valence-electron chi connectivity index (χ3n) is 3.79. The lowest BCUT2D eigenvalue weighted by molar-refractivity contribution is 0.376. The summed E-state index contributed by atoms with van der Waals surface area (Å²) in [6.07, 6.45) is 2.46. The van der Waals surface area contributed by atoms with Crippen LogP contribution in [0.25, 0.3) is 0 Å². The van der Waals surface area contributed by atoms with Crippen molar-refractivity contribution in [1.29, 1.82) is 0 Å². The molecule has 0 spiro atoms. The molecule has 0 aliphatic rings. The van der Waals surface area contributed by atoms with E-state index in [1.54, 1.807) is 0 Å². The Morgan fingerprint density at radius 3 is 1.83 bits per heavy atom. The Labute approximate surface area is 83.4 Å². The highest BCUT2D eigenvalue weighted by atomic mass is 35.6. The zero-order valence-corrected chi connectivity index (χ0v) is 11.1. The first kappa shape index (κ1) is 12.5. The van der Waals surface area contributed by atoms with E-state index in [9.17, 15) is 0 Å². The minimum atomic E-state index is -1.52. The van der Waals surface area contributed by atoms with Crippen LogP contribution in [0.1, 0.15) is 40.5 Å². The van der Waals surface area contributed by atoms with Crippen molar-refractivity contribution in [1.82, 2.24) is 0 Å². The number of hydrogen-bond acceptors (Lipinski definition) is 0. The van der Waals surface area contributed by atoms with Crippen molar-refractivity contribution >= 4 is 18.5 Å². The molecule has 12 heavy (non-hydrogen) atoms. The van der Waals surface area contributed by atoms with Gasteiger partial charge in [-0.25, -0.2) is 0 Å². The van der Waals surface area contributed by atoms with Crippen LogP contribution < -0.4 is 0 Å². The smallest absolute Gasteiger partial charge is 0.156 e. The maximum atomic E-state index is 6.55. The predicted molar refractivity (Wildman–Crippen MR) is 61.4 cm³/mol. The van der Waals surface area contributed by atoms with Gasteiger partial charge in [-0.05, 0) is 11.0 Å². The first-order chi connectivity index (χ1) is 5.29. The van der Waals surface area contributed by atoms with Gasteiger partial charge in [-0.3, -0.25) is 0 Å². The van der Waals surface area contributed by atoms with E-state index in [-0.39, 0.29) is 0 Å². The maximum Gasteiger partial charge on any atom is 0.156 e. The molecule has 0 fully saturated rings. The van der Waals surface area contributed by atoms with Gasteiger partial charge in [0.2, 0.25) is 0 Å². The monoisotopic (exact) mass is 206 g/mol. The van der Waals surface area contributed by atoms with Crippen LogP contribution in [-0.4, -0.2) is 7.38 Å². The summed E-state index contributed by atoms with van der Waals surface area (Å²) in [6.45, 7) is 13.8. The summed E-state index contributed by atoms with van der Waals surface area (Å²) in [5.41, 5.74) is 0. The molecule has 0 radical (unpaired) electrons. The van der Waals surface area contributed by atoms with Crippen LogP contribution >= 0.6 is 11.1 Å². The van der Waals surface area contributed by atoms with E-state index < -0.39 is 7.38 Å². The Balaban J connectivity index is 4.67. The zero-order chi connectivity index (χ0) is 9.99. The van der Waals surface area contributed by atoms with E-state index in [0.717, 1.165) is 5.92 Å². The van der Waals surface area contributed by atoms with Gasteiger partial charge in [0.1, 0.15) is 0 Å². The highest BCUT2D eigenvalue weighted by Gasteiger charge is 2.43. The first-order valence-electron chi connectivity index (χ1n) is 4.98. The summed E-state index contributed by atoms with van der Waals surface area (Å²) in [6, 6.07) is 0. The minimum absolute atomic E-state index is 0.392. The summed E-state index contributed by atoms with van der Waals surface area (Å²) >= 11 is 6.55. The standard InChI is InChI=1S/C10H23ClSi/c1-7-9(3)10(4,8-2)12(5,6)11/h9H,7-8H2,1-6H3. The topological polar surface area (TPSA) is 0 Å². The Morgan fingerprint density at radius 2 is 1.75 bits per heavy atom. The first-order valence-corrected chi connectivity index (χ1v) is 8.99. The molecular weight excluding hydrogens is 184 g/mol. The van der Waals surface area contributed by atoms with Crippen LogP contribution in [0.2, 0.25) is 18.1 Å². The fraction of sp³-hybridized carbons (Fsp3) is 1.00. The molecule has 0 aliphatic heterocycles. The van der Waals surface area contributed by atoms with Crippen molar-refractivity contribution in [3.05, 3.63) is 0 Å². The molecule has 0 saturated carbocycles. The fourth-order valence-corrected chi connectivity index (χ4v) is 4.98. The summed E-state index contributed by atoms with van der Waals surface area (Å²) in [7, 11) is -1.52. The van der Waals surface area contributed by atoms with Gasteiger partial charge in [0.15, 0.2) is 7.38 Å². The van der Waals surface area contributed by atoms with Gasteiger partial charge in [-0.15, -0.1) is 0 Å². The molecule has 0 nitrogen and oxygen atoms in total. The third-order valence-corrected chi connectivity index (χ3v) is 8.65. The molecule has 0 heterocycles. The lowest BCUT2D eigenvalue weighted by Crippen LogP contribution is -2.39. The van der Waals surface area contributed by atoms with E-state index in [4.69, 9.17) is 11.1 Å². The molecule has 0 bridgehead atoms. The predicted octanol–water partition coefficient (Wildman–Crippen LogP) is 4.65. The normalized spacial score (nSPS) is 20.2. The van der Waals surface area contributed by atoms with Gasteiger partial charge in [-0.2, -0.15) is 11.1 Å². The lowest BCUT2D eigenvalue weighted by atomic mass is 9.90. The Morgan fingerprint density at radius 1 is 1.33 bits per heavy atom. The van der Waals surface area contributed by atoms with Crippen molar-refractivity contribution in [2.24, 2.45) is 5.92 Å². The Kier molecular flexibility index (Phi) is 4.32. The molecule has 2 unspecified atom stereocenters. The SMILES string of the molecule is CCC(C)C(C)(CC)[Si](C)(C)Cl. The van der Waals surface area contributed by atoms with Gasteiger partial charge in [-0.1, -0.05) is 53.6 Å². The second kappa shape index (κ2) is 4.14. The molecule has 0 aromatic carbocycles. The fourth-order valence-electron chi connectivity index (χ4n) is 1.81.